The van der Waals surface area contributed by atoms with Gasteiger partial charge in [-0.2, -0.15) is 0 Å². The van der Waals surface area contributed by atoms with Crippen LogP contribution in [0.4, 0.5) is 0 Å². The van der Waals surface area contributed by atoms with Crippen LogP contribution in [-0.2, 0) is 6.42 Å². The van der Waals surface area contributed by atoms with Crippen LogP contribution < -0.4 is 5.73 Å². The standard InChI is InChI=1S/C13H24N4/c1-3-6-11(14)9-13-16-15-10(2)17(13)12-7-4-5-8-12/h11-12H,3-9,14H2,1-2H3. The molecular formula is C13H24N4. The minimum Gasteiger partial charge on any atom is -0.327 e. The SMILES string of the molecule is CCCC(N)Cc1nnc(C)n1C1CCCC1. The predicted molar refractivity (Wildman–Crippen MR) is 68.9 cm³/mol. The van der Waals surface area contributed by atoms with Crippen LogP contribution in [-0.4, -0.2) is 20.8 Å². The van der Waals surface area contributed by atoms with Crippen molar-refractivity contribution >= 4 is 0 Å². The molecule has 1 aromatic heterocycles. The fourth-order valence-electron chi connectivity index (χ4n) is 2.90. The average Bonchev–Trinajstić information content (AvgIpc) is 2.89. The summed E-state index contributed by atoms with van der Waals surface area (Å²) in [5.41, 5.74) is 6.11. The van der Waals surface area contributed by atoms with Crippen molar-refractivity contribution < 1.29 is 0 Å². The van der Waals surface area contributed by atoms with Crippen LogP contribution in [0.5, 0.6) is 0 Å². The van der Waals surface area contributed by atoms with Gasteiger partial charge in [-0.15, -0.1) is 10.2 Å². The molecule has 4 nitrogen and oxygen atoms in total. The smallest absolute Gasteiger partial charge is 0.134 e. The molecule has 1 fully saturated rings. The summed E-state index contributed by atoms with van der Waals surface area (Å²) in [4.78, 5) is 0. The van der Waals surface area contributed by atoms with E-state index in [0.717, 1.165) is 30.9 Å². The number of aromatic nitrogens is 3. The highest BCUT2D eigenvalue weighted by Gasteiger charge is 2.22. The summed E-state index contributed by atoms with van der Waals surface area (Å²) in [6, 6.07) is 0.845. The summed E-state index contributed by atoms with van der Waals surface area (Å²) in [5.74, 6) is 2.14. The first-order valence-electron chi connectivity index (χ1n) is 6.88. The van der Waals surface area contributed by atoms with E-state index < -0.39 is 0 Å². The lowest BCUT2D eigenvalue weighted by atomic mass is 10.1. The van der Waals surface area contributed by atoms with Crippen molar-refractivity contribution in [3.05, 3.63) is 11.6 Å². The number of nitrogens with two attached hydrogens (primary N) is 1. The van der Waals surface area contributed by atoms with Gasteiger partial charge in [-0.1, -0.05) is 26.2 Å². The first-order valence-corrected chi connectivity index (χ1v) is 6.88. The molecule has 1 saturated carbocycles. The minimum absolute atomic E-state index is 0.226. The Morgan fingerprint density at radius 1 is 1.35 bits per heavy atom. The van der Waals surface area contributed by atoms with E-state index in [0.29, 0.717) is 6.04 Å². The van der Waals surface area contributed by atoms with Crippen LogP contribution in [0.3, 0.4) is 0 Å². The molecule has 2 N–H and O–H groups in total. The second kappa shape index (κ2) is 5.63. The molecular weight excluding hydrogens is 212 g/mol. The van der Waals surface area contributed by atoms with Crippen LogP contribution in [0.25, 0.3) is 0 Å². The summed E-state index contributed by atoms with van der Waals surface area (Å²) in [6.45, 7) is 4.23. The highest BCUT2D eigenvalue weighted by molar-refractivity contribution is 5.00. The number of nitrogens with zero attached hydrogens (tertiary/aromatic N) is 3. The number of hydrogen-bond donors (Lipinski definition) is 1. The zero-order valence-corrected chi connectivity index (χ0v) is 11.0. The molecule has 0 spiro atoms. The van der Waals surface area contributed by atoms with Crippen LogP contribution in [0, 0.1) is 6.92 Å². The highest BCUT2D eigenvalue weighted by Crippen LogP contribution is 2.31. The molecule has 0 aliphatic heterocycles. The van der Waals surface area contributed by atoms with E-state index in [4.69, 9.17) is 5.73 Å². The lowest BCUT2D eigenvalue weighted by Gasteiger charge is -2.17. The van der Waals surface area contributed by atoms with Gasteiger partial charge in [0.15, 0.2) is 0 Å². The van der Waals surface area contributed by atoms with Gasteiger partial charge in [0, 0.05) is 18.5 Å². The molecule has 2 rings (SSSR count). The van der Waals surface area contributed by atoms with E-state index in [1.165, 1.54) is 25.7 Å². The fraction of sp³-hybridized carbons (Fsp3) is 0.846. The van der Waals surface area contributed by atoms with Gasteiger partial charge in [0.25, 0.3) is 0 Å². The number of rotatable bonds is 5. The maximum absolute atomic E-state index is 6.11. The van der Waals surface area contributed by atoms with Crippen LogP contribution in [0.15, 0.2) is 0 Å². The molecule has 0 saturated heterocycles. The van der Waals surface area contributed by atoms with Gasteiger partial charge in [0.05, 0.1) is 0 Å². The second-order valence-electron chi connectivity index (χ2n) is 5.22. The molecule has 0 amide bonds. The van der Waals surface area contributed by atoms with Crippen molar-refractivity contribution in [2.45, 2.75) is 70.9 Å². The summed E-state index contributed by atoms with van der Waals surface area (Å²) >= 11 is 0. The largest absolute Gasteiger partial charge is 0.327 e. The Labute approximate surface area is 104 Å². The Hall–Kier alpha value is -0.900. The zero-order valence-electron chi connectivity index (χ0n) is 11.0. The van der Waals surface area contributed by atoms with Crippen molar-refractivity contribution in [1.82, 2.24) is 14.8 Å². The molecule has 1 heterocycles. The molecule has 1 unspecified atom stereocenters. The molecule has 1 aliphatic carbocycles. The van der Waals surface area contributed by atoms with Crippen LogP contribution >= 0.6 is 0 Å². The van der Waals surface area contributed by atoms with Gasteiger partial charge in [-0.05, 0) is 26.2 Å². The maximum Gasteiger partial charge on any atom is 0.134 e. The number of aryl methyl sites for hydroxylation is 1. The summed E-state index contributed by atoms with van der Waals surface area (Å²) in [5, 5.41) is 8.55. The monoisotopic (exact) mass is 236 g/mol. The van der Waals surface area contributed by atoms with Gasteiger partial charge in [-0.3, -0.25) is 0 Å². The zero-order chi connectivity index (χ0) is 12.3. The summed E-state index contributed by atoms with van der Waals surface area (Å²) in [7, 11) is 0. The predicted octanol–water partition coefficient (Wildman–Crippen LogP) is 2.37. The molecule has 1 aromatic rings. The van der Waals surface area contributed by atoms with E-state index >= 15 is 0 Å². The molecule has 1 aliphatic rings. The van der Waals surface area contributed by atoms with E-state index in [2.05, 4.69) is 28.6 Å². The van der Waals surface area contributed by atoms with Crippen LogP contribution in [0.1, 0.15) is 63.1 Å². The Balaban J connectivity index is 2.11. The Bertz CT molecular complexity index is 352. The van der Waals surface area contributed by atoms with E-state index in [1.807, 2.05) is 0 Å². The Morgan fingerprint density at radius 3 is 2.71 bits per heavy atom. The van der Waals surface area contributed by atoms with Crippen LogP contribution in [0.2, 0.25) is 0 Å². The van der Waals surface area contributed by atoms with Gasteiger partial charge in [0.1, 0.15) is 11.6 Å². The summed E-state index contributed by atoms with van der Waals surface area (Å²) < 4.78 is 2.34. The van der Waals surface area contributed by atoms with Crippen molar-refractivity contribution in [3.63, 3.8) is 0 Å². The molecule has 0 radical (unpaired) electrons. The van der Waals surface area contributed by atoms with Crippen molar-refractivity contribution in [2.24, 2.45) is 5.73 Å². The third-order valence-corrected chi connectivity index (χ3v) is 3.73. The minimum atomic E-state index is 0.226. The normalized spacial score (nSPS) is 18.8. The third kappa shape index (κ3) is 2.86. The Kier molecular flexibility index (Phi) is 4.15. The van der Waals surface area contributed by atoms with Gasteiger partial charge < -0.3 is 10.3 Å². The first kappa shape index (κ1) is 12.6. The number of hydrogen-bond acceptors (Lipinski definition) is 3. The summed E-state index contributed by atoms with van der Waals surface area (Å²) in [6.07, 6.45) is 8.29. The molecule has 96 valence electrons. The average molecular weight is 236 g/mol. The fourth-order valence-corrected chi connectivity index (χ4v) is 2.90. The first-order chi connectivity index (χ1) is 8.22. The molecule has 4 heteroatoms. The van der Waals surface area contributed by atoms with Crippen molar-refractivity contribution in [1.29, 1.82) is 0 Å². The lowest BCUT2D eigenvalue weighted by molar-refractivity contribution is 0.470. The topological polar surface area (TPSA) is 56.7 Å². The van der Waals surface area contributed by atoms with E-state index in [-0.39, 0.29) is 6.04 Å². The van der Waals surface area contributed by atoms with Crippen molar-refractivity contribution in [2.75, 3.05) is 0 Å². The second-order valence-corrected chi connectivity index (χ2v) is 5.22. The van der Waals surface area contributed by atoms with Gasteiger partial charge >= 0.3 is 0 Å². The maximum atomic E-state index is 6.11. The van der Waals surface area contributed by atoms with E-state index in [1.54, 1.807) is 0 Å². The molecule has 17 heavy (non-hydrogen) atoms. The molecule has 0 bridgehead atoms. The van der Waals surface area contributed by atoms with E-state index in [9.17, 15) is 0 Å². The molecule has 1 atom stereocenters. The van der Waals surface area contributed by atoms with Crippen molar-refractivity contribution in [3.8, 4) is 0 Å². The van der Waals surface area contributed by atoms with Gasteiger partial charge in [-0.25, -0.2) is 0 Å². The molecule has 0 aromatic carbocycles. The lowest BCUT2D eigenvalue weighted by Crippen LogP contribution is -2.25. The quantitative estimate of drug-likeness (QED) is 0.854. The Morgan fingerprint density at radius 2 is 2.06 bits per heavy atom. The third-order valence-electron chi connectivity index (χ3n) is 3.73. The van der Waals surface area contributed by atoms with Gasteiger partial charge in [0.2, 0.25) is 0 Å². The highest BCUT2D eigenvalue weighted by atomic mass is 15.3.